The molecule has 0 amide bonds. The third-order valence-electron chi connectivity index (χ3n) is 7.32. The van der Waals surface area contributed by atoms with Crippen LogP contribution in [0.15, 0.2) is 29.6 Å². The van der Waals surface area contributed by atoms with Crippen molar-refractivity contribution in [2.75, 3.05) is 19.6 Å². The summed E-state index contributed by atoms with van der Waals surface area (Å²) < 4.78 is 0. The summed E-state index contributed by atoms with van der Waals surface area (Å²) in [7, 11) is 0. The molecule has 2 bridgehead atoms. The van der Waals surface area contributed by atoms with Gasteiger partial charge in [0, 0.05) is 41.5 Å². The average molecular weight is 439 g/mol. The molecule has 3 aromatic rings. The average Bonchev–Trinajstić information content (AvgIpc) is 3.25. The molecule has 2 aliphatic heterocycles. The number of halogens is 1. The van der Waals surface area contributed by atoms with Crippen molar-refractivity contribution in [3.05, 3.63) is 57.3 Å². The van der Waals surface area contributed by atoms with Gasteiger partial charge in [-0.05, 0) is 73.7 Å². The second-order valence-electron chi connectivity index (χ2n) is 9.36. The Morgan fingerprint density at radius 3 is 2.90 bits per heavy atom. The molecule has 1 saturated carbocycles. The van der Waals surface area contributed by atoms with Crippen molar-refractivity contribution < 1.29 is 0 Å². The quantitative estimate of drug-likeness (QED) is 0.601. The Hall–Kier alpha value is -1.53. The molecule has 30 heavy (non-hydrogen) atoms. The molecule has 4 heterocycles. The lowest BCUT2D eigenvalue weighted by Crippen LogP contribution is -2.42. The number of benzene rings is 1. The Kier molecular flexibility index (Phi) is 4.64. The molecule has 1 N–H and O–H groups in total. The first-order valence-electron chi connectivity index (χ1n) is 11.1. The van der Waals surface area contributed by atoms with Crippen molar-refractivity contribution in [1.82, 2.24) is 20.2 Å². The molecule has 2 aromatic heterocycles. The van der Waals surface area contributed by atoms with Crippen molar-refractivity contribution in [2.45, 2.75) is 50.6 Å². The van der Waals surface area contributed by atoms with Gasteiger partial charge in [0.2, 0.25) is 0 Å². The number of aryl methyl sites for hydroxylation is 1. The molecule has 6 rings (SSSR count). The number of hydrogen-bond acceptors (Lipinski definition) is 5. The van der Waals surface area contributed by atoms with Crippen LogP contribution in [-0.2, 0) is 0 Å². The largest absolute Gasteiger partial charge is 0.312 e. The van der Waals surface area contributed by atoms with Crippen LogP contribution >= 0.6 is 22.9 Å². The SMILES string of the molecule is Cc1nc([C@H]2C[C@@H]2c2ccc([C@H](C)N3C[C@H]4CN[C@H](C4)C3)cc2Cl)c2ccsc2n1. The van der Waals surface area contributed by atoms with Crippen LogP contribution in [0.5, 0.6) is 0 Å². The van der Waals surface area contributed by atoms with Gasteiger partial charge in [0.1, 0.15) is 10.7 Å². The molecule has 1 aromatic carbocycles. The van der Waals surface area contributed by atoms with E-state index in [0.29, 0.717) is 23.9 Å². The highest BCUT2D eigenvalue weighted by molar-refractivity contribution is 7.16. The van der Waals surface area contributed by atoms with E-state index in [1.165, 1.54) is 41.7 Å². The van der Waals surface area contributed by atoms with Crippen LogP contribution in [0.25, 0.3) is 10.2 Å². The number of nitrogens with one attached hydrogen (secondary N) is 1. The molecule has 3 fully saturated rings. The monoisotopic (exact) mass is 438 g/mol. The van der Waals surface area contributed by atoms with Gasteiger partial charge in [-0.25, -0.2) is 9.97 Å². The second kappa shape index (κ2) is 7.27. The summed E-state index contributed by atoms with van der Waals surface area (Å²) in [6.07, 6.45) is 2.46. The first-order valence-corrected chi connectivity index (χ1v) is 12.3. The number of thiophene rings is 1. The summed E-state index contributed by atoms with van der Waals surface area (Å²) in [6, 6.07) is 10.0. The molecule has 3 aliphatic rings. The maximum Gasteiger partial charge on any atom is 0.127 e. The molecule has 1 aliphatic carbocycles. The Morgan fingerprint density at radius 1 is 1.17 bits per heavy atom. The van der Waals surface area contributed by atoms with Gasteiger partial charge in [0.25, 0.3) is 0 Å². The van der Waals surface area contributed by atoms with E-state index in [-0.39, 0.29) is 0 Å². The summed E-state index contributed by atoms with van der Waals surface area (Å²) in [5.41, 5.74) is 3.81. The number of nitrogens with zero attached hydrogens (tertiary/aromatic N) is 3. The fourth-order valence-electron chi connectivity index (χ4n) is 5.61. The fourth-order valence-corrected chi connectivity index (χ4v) is 6.76. The minimum atomic E-state index is 0.409. The van der Waals surface area contributed by atoms with E-state index >= 15 is 0 Å². The fraction of sp³-hybridized carbons (Fsp3) is 0.500. The van der Waals surface area contributed by atoms with Gasteiger partial charge >= 0.3 is 0 Å². The zero-order chi connectivity index (χ0) is 20.4. The van der Waals surface area contributed by atoms with Crippen molar-refractivity contribution in [1.29, 1.82) is 0 Å². The van der Waals surface area contributed by atoms with E-state index in [4.69, 9.17) is 16.6 Å². The van der Waals surface area contributed by atoms with Gasteiger partial charge in [-0.3, -0.25) is 4.90 Å². The van der Waals surface area contributed by atoms with Crippen LogP contribution in [-0.4, -0.2) is 40.5 Å². The molecule has 156 valence electrons. The zero-order valence-electron chi connectivity index (χ0n) is 17.4. The summed E-state index contributed by atoms with van der Waals surface area (Å²) >= 11 is 8.53. The van der Waals surface area contributed by atoms with Gasteiger partial charge in [-0.15, -0.1) is 11.3 Å². The highest BCUT2D eigenvalue weighted by Gasteiger charge is 2.43. The summed E-state index contributed by atoms with van der Waals surface area (Å²) in [4.78, 5) is 13.1. The normalized spacial score (nSPS) is 29.4. The number of hydrogen-bond donors (Lipinski definition) is 1. The predicted octanol–water partition coefficient (Wildman–Crippen LogP) is 5.28. The van der Waals surface area contributed by atoms with E-state index in [2.05, 4.69) is 51.8 Å². The maximum absolute atomic E-state index is 6.84. The van der Waals surface area contributed by atoms with Crippen LogP contribution in [0.3, 0.4) is 0 Å². The first-order chi connectivity index (χ1) is 14.6. The molecule has 2 saturated heterocycles. The van der Waals surface area contributed by atoms with Crippen molar-refractivity contribution in [3.63, 3.8) is 0 Å². The number of aromatic nitrogens is 2. The lowest BCUT2D eigenvalue weighted by atomic mass is 9.95. The summed E-state index contributed by atoms with van der Waals surface area (Å²) in [6.45, 7) is 7.83. The molecule has 6 heteroatoms. The third kappa shape index (κ3) is 3.27. The lowest BCUT2D eigenvalue weighted by molar-refractivity contribution is 0.146. The molecule has 4 nitrogen and oxygen atoms in total. The van der Waals surface area contributed by atoms with Crippen LogP contribution < -0.4 is 5.32 Å². The maximum atomic E-state index is 6.84. The number of fused-ring (bicyclic) bond motifs is 3. The lowest BCUT2D eigenvalue weighted by Gasteiger charge is -2.36. The van der Waals surface area contributed by atoms with Crippen molar-refractivity contribution in [3.8, 4) is 0 Å². The molecule has 0 unspecified atom stereocenters. The summed E-state index contributed by atoms with van der Waals surface area (Å²) in [5, 5.41) is 7.90. The van der Waals surface area contributed by atoms with E-state index in [1.807, 2.05) is 6.92 Å². The minimum absolute atomic E-state index is 0.409. The third-order valence-corrected chi connectivity index (χ3v) is 8.46. The van der Waals surface area contributed by atoms with Crippen LogP contribution in [0.4, 0.5) is 0 Å². The molecular weight excluding hydrogens is 412 g/mol. The summed E-state index contributed by atoms with van der Waals surface area (Å²) in [5.74, 6) is 2.59. The number of rotatable bonds is 4. The molecule has 0 spiro atoms. The van der Waals surface area contributed by atoms with Gasteiger partial charge in [0.05, 0.1) is 5.69 Å². The first kappa shape index (κ1) is 19.2. The minimum Gasteiger partial charge on any atom is -0.312 e. The van der Waals surface area contributed by atoms with Crippen LogP contribution in [0, 0.1) is 12.8 Å². The smallest absolute Gasteiger partial charge is 0.127 e. The van der Waals surface area contributed by atoms with Crippen LogP contribution in [0.1, 0.15) is 60.3 Å². The van der Waals surface area contributed by atoms with Gasteiger partial charge in [-0.1, -0.05) is 23.7 Å². The topological polar surface area (TPSA) is 41.1 Å². The van der Waals surface area contributed by atoms with Crippen molar-refractivity contribution >= 4 is 33.2 Å². The zero-order valence-corrected chi connectivity index (χ0v) is 19.0. The van der Waals surface area contributed by atoms with Crippen molar-refractivity contribution in [2.24, 2.45) is 5.92 Å². The highest BCUT2D eigenvalue weighted by Crippen LogP contribution is 2.57. The Bertz CT molecular complexity index is 1100. The second-order valence-corrected chi connectivity index (χ2v) is 10.7. The highest BCUT2D eigenvalue weighted by atomic mass is 35.5. The molecule has 5 atom stereocenters. The van der Waals surface area contributed by atoms with Gasteiger partial charge in [-0.2, -0.15) is 0 Å². The van der Waals surface area contributed by atoms with Gasteiger partial charge in [0.15, 0.2) is 0 Å². The van der Waals surface area contributed by atoms with Crippen LogP contribution in [0.2, 0.25) is 5.02 Å². The van der Waals surface area contributed by atoms with E-state index in [0.717, 1.165) is 34.6 Å². The standard InChI is InChI=1S/C24H27ClN4S/c1-13(29-11-15-7-17(12-29)26-10-15)16-3-4-18(22(25)8-16)20-9-21(20)23-19-5-6-30-24(19)28-14(2)27-23/h3-6,8,13,15,17,20-21,26H,7,9-12H2,1-2H3/t13-,15+,17+,20+,21-/m0/s1. The Morgan fingerprint density at radius 2 is 2.07 bits per heavy atom. The van der Waals surface area contributed by atoms with Gasteiger partial charge < -0.3 is 5.32 Å². The number of piperidine rings is 1. The Labute approximate surface area is 186 Å². The van der Waals surface area contributed by atoms with E-state index in [1.54, 1.807) is 11.3 Å². The van der Waals surface area contributed by atoms with E-state index < -0.39 is 0 Å². The predicted molar refractivity (Wildman–Crippen MR) is 124 cm³/mol. The van der Waals surface area contributed by atoms with E-state index in [9.17, 15) is 0 Å². The number of likely N-dealkylation sites (tertiary alicyclic amines) is 1. The molecule has 0 radical (unpaired) electrons. The molecular formula is C24H27ClN4S. The Balaban J connectivity index is 1.23.